The third kappa shape index (κ3) is 3.90. The zero-order valence-electron chi connectivity index (χ0n) is 11.9. The molecule has 1 saturated heterocycles. The molecule has 0 radical (unpaired) electrons. The molecular formula is C16H21NO3. The third-order valence-corrected chi connectivity index (χ3v) is 3.62. The molecule has 1 atom stereocenters. The number of rotatable bonds is 4. The summed E-state index contributed by atoms with van der Waals surface area (Å²) in [5, 5.41) is 0. The zero-order valence-corrected chi connectivity index (χ0v) is 11.9. The molecule has 1 aromatic carbocycles. The number of likely N-dealkylation sites (tertiary alicyclic amines) is 1. The van der Waals surface area contributed by atoms with Gasteiger partial charge >= 0.3 is 5.97 Å². The summed E-state index contributed by atoms with van der Waals surface area (Å²) in [4.78, 5) is 26.0. The van der Waals surface area contributed by atoms with Gasteiger partial charge in [-0.2, -0.15) is 0 Å². The molecule has 4 heteroatoms. The topological polar surface area (TPSA) is 46.6 Å². The zero-order chi connectivity index (χ0) is 14.4. The minimum Gasteiger partial charge on any atom is -0.465 e. The lowest BCUT2D eigenvalue weighted by molar-refractivity contribution is -0.151. The van der Waals surface area contributed by atoms with Crippen molar-refractivity contribution >= 4 is 11.8 Å². The number of ketones is 1. The van der Waals surface area contributed by atoms with Gasteiger partial charge in [-0.3, -0.25) is 14.5 Å². The summed E-state index contributed by atoms with van der Waals surface area (Å²) >= 11 is 0. The van der Waals surface area contributed by atoms with Crippen molar-refractivity contribution in [3.8, 4) is 0 Å². The fourth-order valence-corrected chi connectivity index (χ4v) is 2.52. The van der Waals surface area contributed by atoms with E-state index in [4.69, 9.17) is 4.74 Å². The quantitative estimate of drug-likeness (QED) is 0.623. The SMILES string of the molecule is CCOC(=O)[C@@H]1CCN(Cc2ccccc2)CCC1=O. The molecule has 0 aromatic heterocycles. The molecule has 1 aromatic rings. The predicted molar refractivity (Wildman–Crippen MR) is 76.1 cm³/mol. The summed E-state index contributed by atoms with van der Waals surface area (Å²) in [7, 11) is 0. The van der Waals surface area contributed by atoms with Crippen LogP contribution in [0.15, 0.2) is 30.3 Å². The van der Waals surface area contributed by atoms with E-state index in [1.165, 1.54) is 5.56 Å². The van der Waals surface area contributed by atoms with Gasteiger partial charge < -0.3 is 4.74 Å². The monoisotopic (exact) mass is 275 g/mol. The number of benzene rings is 1. The second kappa shape index (κ2) is 7.20. The van der Waals surface area contributed by atoms with E-state index in [1.54, 1.807) is 6.92 Å². The van der Waals surface area contributed by atoms with Crippen LogP contribution in [0.5, 0.6) is 0 Å². The Hall–Kier alpha value is -1.68. The molecule has 1 heterocycles. The predicted octanol–water partition coefficient (Wildman–Crippen LogP) is 2.03. The Morgan fingerprint density at radius 2 is 2.05 bits per heavy atom. The number of esters is 1. The van der Waals surface area contributed by atoms with Crippen molar-refractivity contribution in [3.05, 3.63) is 35.9 Å². The number of nitrogens with zero attached hydrogens (tertiary/aromatic N) is 1. The Kier molecular flexibility index (Phi) is 5.30. The van der Waals surface area contributed by atoms with Crippen molar-refractivity contribution in [1.29, 1.82) is 0 Å². The Bertz CT molecular complexity index is 458. The molecule has 0 aliphatic carbocycles. The molecule has 0 saturated carbocycles. The first-order valence-electron chi connectivity index (χ1n) is 7.16. The Morgan fingerprint density at radius 1 is 1.30 bits per heavy atom. The van der Waals surface area contributed by atoms with Crippen molar-refractivity contribution in [2.24, 2.45) is 5.92 Å². The first kappa shape index (κ1) is 14.7. The van der Waals surface area contributed by atoms with E-state index < -0.39 is 5.92 Å². The molecule has 1 aliphatic rings. The van der Waals surface area contributed by atoms with E-state index in [2.05, 4.69) is 17.0 Å². The Morgan fingerprint density at radius 3 is 2.75 bits per heavy atom. The van der Waals surface area contributed by atoms with Gasteiger partial charge in [0.25, 0.3) is 0 Å². The molecule has 0 spiro atoms. The molecule has 108 valence electrons. The minimum atomic E-state index is -0.573. The average molecular weight is 275 g/mol. The number of hydrogen-bond acceptors (Lipinski definition) is 4. The van der Waals surface area contributed by atoms with Crippen molar-refractivity contribution in [1.82, 2.24) is 4.90 Å². The molecule has 0 unspecified atom stereocenters. The van der Waals surface area contributed by atoms with Crippen LogP contribution in [-0.2, 0) is 20.9 Å². The first-order valence-corrected chi connectivity index (χ1v) is 7.16. The van der Waals surface area contributed by atoms with Crippen LogP contribution in [0, 0.1) is 5.92 Å². The number of carbonyl (C=O) groups is 2. The van der Waals surface area contributed by atoms with Crippen molar-refractivity contribution in [2.45, 2.75) is 26.3 Å². The van der Waals surface area contributed by atoms with Crippen LogP contribution in [0.3, 0.4) is 0 Å². The fourth-order valence-electron chi connectivity index (χ4n) is 2.52. The van der Waals surface area contributed by atoms with Crippen LogP contribution < -0.4 is 0 Å². The van der Waals surface area contributed by atoms with Crippen LogP contribution in [-0.4, -0.2) is 36.3 Å². The largest absolute Gasteiger partial charge is 0.465 e. The lowest BCUT2D eigenvalue weighted by atomic mass is 10.00. The lowest BCUT2D eigenvalue weighted by Crippen LogP contribution is -2.26. The van der Waals surface area contributed by atoms with Crippen molar-refractivity contribution in [3.63, 3.8) is 0 Å². The van der Waals surface area contributed by atoms with Gasteiger partial charge in [0.2, 0.25) is 0 Å². The van der Waals surface area contributed by atoms with E-state index >= 15 is 0 Å². The van der Waals surface area contributed by atoms with E-state index in [0.717, 1.165) is 13.1 Å². The van der Waals surface area contributed by atoms with Gasteiger partial charge in [-0.05, 0) is 25.5 Å². The molecule has 2 rings (SSSR count). The summed E-state index contributed by atoms with van der Waals surface area (Å²) in [6.07, 6.45) is 0.987. The van der Waals surface area contributed by atoms with Gasteiger partial charge in [-0.25, -0.2) is 0 Å². The van der Waals surface area contributed by atoms with Gasteiger partial charge in [0.05, 0.1) is 6.61 Å². The highest BCUT2D eigenvalue weighted by atomic mass is 16.5. The lowest BCUT2D eigenvalue weighted by Gasteiger charge is -2.19. The van der Waals surface area contributed by atoms with Gasteiger partial charge in [0, 0.05) is 19.5 Å². The summed E-state index contributed by atoms with van der Waals surface area (Å²) in [5.41, 5.74) is 1.23. The number of ether oxygens (including phenoxy) is 1. The van der Waals surface area contributed by atoms with Crippen molar-refractivity contribution in [2.75, 3.05) is 19.7 Å². The number of Topliss-reactive ketones (excluding diaryl/α,β-unsaturated/α-hetero) is 1. The molecule has 20 heavy (non-hydrogen) atoms. The highest BCUT2D eigenvalue weighted by Gasteiger charge is 2.30. The maximum Gasteiger partial charge on any atom is 0.316 e. The Labute approximate surface area is 119 Å². The molecule has 1 aliphatic heterocycles. The number of hydrogen-bond donors (Lipinski definition) is 0. The normalized spacial score (nSPS) is 20.4. The van der Waals surface area contributed by atoms with Gasteiger partial charge in [-0.15, -0.1) is 0 Å². The highest BCUT2D eigenvalue weighted by Crippen LogP contribution is 2.17. The van der Waals surface area contributed by atoms with Crippen molar-refractivity contribution < 1.29 is 14.3 Å². The van der Waals surface area contributed by atoms with E-state index in [1.807, 2.05) is 18.2 Å². The van der Waals surface area contributed by atoms with Gasteiger partial charge in [0.15, 0.2) is 0 Å². The average Bonchev–Trinajstić information content (AvgIpc) is 2.63. The van der Waals surface area contributed by atoms with E-state index in [-0.39, 0.29) is 11.8 Å². The van der Waals surface area contributed by atoms with Gasteiger partial charge in [-0.1, -0.05) is 30.3 Å². The van der Waals surface area contributed by atoms with Crippen LogP contribution >= 0.6 is 0 Å². The van der Waals surface area contributed by atoms with Crippen LogP contribution in [0.25, 0.3) is 0 Å². The van der Waals surface area contributed by atoms with Crippen LogP contribution in [0.2, 0.25) is 0 Å². The maximum atomic E-state index is 12.0. The molecule has 4 nitrogen and oxygen atoms in total. The Balaban J connectivity index is 1.94. The molecule has 0 N–H and O–H groups in total. The summed E-state index contributed by atoms with van der Waals surface area (Å²) in [6, 6.07) is 10.2. The molecule has 1 fully saturated rings. The summed E-state index contributed by atoms with van der Waals surface area (Å²) < 4.78 is 4.98. The smallest absolute Gasteiger partial charge is 0.316 e. The second-order valence-corrected chi connectivity index (χ2v) is 5.07. The maximum absolute atomic E-state index is 12.0. The molecule has 0 bridgehead atoms. The minimum absolute atomic E-state index is 0.0130. The number of carbonyl (C=O) groups excluding carboxylic acids is 2. The highest BCUT2D eigenvalue weighted by molar-refractivity contribution is 5.99. The molecular weight excluding hydrogens is 254 g/mol. The molecule has 0 amide bonds. The van der Waals surface area contributed by atoms with Crippen LogP contribution in [0.1, 0.15) is 25.3 Å². The second-order valence-electron chi connectivity index (χ2n) is 5.07. The van der Waals surface area contributed by atoms with Crippen LogP contribution in [0.4, 0.5) is 0 Å². The third-order valence-electron chi connectivity index (χ3n) is 3.62. The summed E-state index contributed by atoms with van der Waals surface area (Å²) in [6.45, 7) is 4.38. The summed E-state index contributed by atoms with van der Waals surface area (Å²) in [5.74, 6) is -0.922. The van der Waals surface area contributed by atoms with Gasteiger partial charge in [0.1, 0.15) is 11.7 Å². The standard InChI is InChI=1S/C16H21NO3/c1-2-20-16(19)14-8-10-17(11-9-15(14)18)12-13-6-4-3-5-7-13/h3-7,14H,2,8-12H2,1H3/t14-/m1/s1. The van der Waals surface area contributed by atoms with E-state index in [0.29, 0.717) is 26.0 Å². The fraction of sp³-hybridized carbons (Fsp3) is 0.500. The van der Waals surface area contributed by atoms with E-state index in [9.17, 15) is 9.59 Å². The first-order chi connectivity index (χ1) is 9.70.